The molecule has 126 valence electrons. The molecule has 1 aromatic heterocycles. The number of nitrogens with one attached hydrogen (secondary N) is 1. The number of ketones is 1. The van der Waals surface area contributed by atoms with Gasteiger partial charge in [0.05, 0.1) is 18.0 Å². The second-order valence-electron chi connectivity index (χ2n) is 5.40. The number of benzene rings is 2. The molecule has 5 heteroatoms. The molecule has 2 aromatic carbocycles. The molecular formula is C20H19N3O2. The minimum Gasteiger partial charge on any atom is -0.494 e. The van der Waals surface area contributed by atoms with E-state index in [4.69, 9.17) is 10.5 Å². The van der Waals surface area contributed by atoms with Gasteiger partial charge in [-0.25, -0.2) is 4.98 Å². The van der Waals surface area contributed by atoms with Gasteiger partial charge in [-0.3, -0.25) is 4.79 Å². The van der Waals surface area contributed by atoms with E-state index in [9.17, 15) is 4.79 Å². The topological polar surface area (TPSA) is 77.2 Å². The van der Waals surface area contributed by atoms with E-state index in [1.165, 1.54) is 0 Å². The lowest BCUT2D eigenvalue weighted by Gasteiger charge is -2.12. The molecule has 0 fully saturated rings. The Kier molecular flexibility index (Phi) is 4.95. The third kappa shape index (κ3) is 3.77. The summed E-state index contributed by atoms with van der Waals surface area (Å²) in [5, 5.41) is 3.14. The lowest BCUT2D eigenvalue weighted by molar-refractivity contribution is 0.103. The molecule has 1 heterocycles. The number of nitrogens with two attached hydrogens (primary N) is 1. The maximum atomic E-state index is 13.0. The summed E-state index contributed by atoms with van der Waals surface area (Å²) in [5.74, 6) is 1.10. The van der Waals surface area contributed by atoms with Crippen molar-refractivity contribution in [1.82, 2.24) is 4.98 Å². The van der Waals surface area contributed by atoms with Crippen molar-refractivity contribution in [3.8, 4) is 5.75 Å². The number of nitrogen functional groups attached to an aromatic ring is 1. The monoisotopic (exact) mass is 333 g/mol. The van der Waals surface area contributed by atoms with Crippen molar-refractivity contribution in [2.75, 3.05) is 17.7 Å². The van der Waals surface area contributed by atoms with E-state index in [-0.39, 0.29) is 5.78 Å². The van der Waals surface area contributed by atoms with Gasteiger partial charge in [-0.15, -0.1) is 0 Å². The predicted molar refractivity (Wildman–Crippen MR) is 99.4 cm³/mol. The third-order valence-electron chi connectivity index (χ3n) is 3.67. The molecule has 0 spiro atoms. The van der Waals surface area contributed by atoms with Crippen LogP contribution in [0.1, 0.15) is 22.8 Å². The molecule has 5 nitrogen and oxygen atoms in total. The van der Waals surface area contributed by atoms with Crippen LogP contribution in [0.3, 0.4) is 0 Å². The van der Waals surface area contributed by atoms with Crippen molar-refractivity contribution >= 4 is 23.0 Å². The first-order valence-corrected chi connectivity index (χ1v) is 8.03. The summed E-state index contributed by atoms with van der Waals surface area (Å²) in [4.78, 5) is 17.2. The number of carbonyl (C=O) groups excluding carboxylic acids is 1. The molecule has 3 aromatic rings. The Bertz CT molecular complexity index is 893. The van der Waals surface area contributed by atoms with Crippen LogP contribution in [0.2, 0.25) is 0 Å². The van der Waals surface area contributed by atoms with Crippen molar-refractivity contribution in [2.24, 2.45) is 0 Å². The number of ether oxygens (including phenoxy) is 1. The molecule has 0 unspecified atom stereocenters. The number of hydrogen-bond acceptors (Lipinski definition) is 5. The largest absolute Gasteiger partial charge is 0.494 e. The van der Waals surface area contributed by atoms with Crippen molar-refractivity contribution in [2.45, 2.75) is 6.92 Å². The Morgan fingerprint density at radius 2 is 1.96 bits per heavy atom. The number of anilines is 3. The van der Waals surface area contributed by atoms with Gasteiger partial charge < -0.3 is 15.8 Å². The molecule has 0 amide bonds. The highest BCUT2D eigenvalue weighted by atomic mass is 16.5. The number of hydrogen-bond donors (Lipinski definition) is 2. The normalized spacial score (nSPS) is 10.3. The Hall–Kier alpha value is -3.34. The fourth-order valence-electron chi connectivity index (χ4n) is 2.49. The number of pyridine rings is 1. The highest BCUT2D eigenvalue weighted by molar-refractivity contribution is 6.12. The average molecular weight is 333 g/mol. The van der Waals surface area contributed by atoms with Crippen LogP contribution in [0, 0.1) is 0 Å². The fourth-order valence-corrected chi connectivity index (χ4v) is 2.49. The van der Waals surface area contributed by atoms with Gasteiger partial charge in [0.2, 0.25) is 0 Å². The second-order valence-corrected chi connectivity index (χ2v) is 5.40. The SMILES string of the molecule is CCOc1cccc(C(=O)c2ccccc2Nc2ncccc2N)c1. The van der Waals surface area contributed by atoms with Crippen molar-refractivity contribution in [3.63, 3.8) is 0 Å². The standard InChI is InChI=1S/C20H19N3O2/c1-2-25-15-8-5-7-14(13-15)19(24)16-9-3-4-11-18(16)23-20-17(21)10-6-12-22-20/h3-13H,2,21H2,1H3,(H,22,23). The van der Waals surface area contributed by atoms with Crippen LogP contribution in [0.5, 0.6) is 5.75 Å². The smallest absolute Gasteiger partial charge is 0.195 e. The first-order chi connectivity index (χ1) is 12.2. The highest BCUT2D eigenvalue weighted by Crippen LogP contribution is 2.26. The number of para-hydroxylation sites is 1. The summed E-state index contributed by atoms with van der Waals surface area (Å²) in [6.45, 7) is 2.46. The van der Waals surface area contributed by atoms with E-state index in [0.717, 1.165) is 0 Å². The molecule has 0 bridgehead atoms. The minimum absolute atomic E-state index is 0.0980. The van der Waals surface area contributed by atoms with E-state index in [1.807, 2.05) is 37.3 Å². The van der Waals surface area contributed by atoms with Crippen molar-refractivity contribution < 1.29 is 9.53 Å². The Morgan fingerprint density at radius 1 is 1.12 bits per heavy atom. The zero-order valence-corrected chi connectivity index (χ0v) is 13.9. The zero-order chi connectivity index (χ0) is 17.6. The second kappa shape index (κ2) is 7.49. The quantitative estimate of drug-likeness (QED) is 0.666. The molecule has 0 aliphatic heterocycles. The van der Waals surface area contributed by atoms with Gasteiger partial charge in [0.1, 0.15) is 5.75 Å². The lowest BCUT2D eigenvalue weighted by atomic mass is 10.0. The van der Waals surface area contributed by atoms with Crippen LogP contribution >= 0.6 is 0 Å². The molecule has 3 N–H and O–H groups in total. The molecule has 0 saturated heterocycles. The number of rotatable bonds is 6. The van der Waals surface area contributed by atoms with Gasteiger partial charge in [0, 0.05) is 17.3 Å². The van der Waals surface area contributed by atoms with Crippen LogP contribution in [-0.2, 0) is 0 Å². The first-order valence-electron chi connectivity index (χ1n) is 8.03. The van der Waals surface area contributed by atoms with Crippen LogP contribution in [0.25, 0.3) is 0 Å². The molecule has 3 rings (SSSR count). The van der Waals surface area contributed by atoms with Gasteiger partial charge in [0.15, 0.2) is 11.6 Å². The Balaban J connectivity index is 1.94. The highest BCUT2D eigenvalue weighted by Gasteiger charge is 2.15. The predicted octanol–water partition coefficient (Wildman–Crippen LogP) is 4.04. The lowest BCUT2D eigenvalue weighted by Crippen LogP contribution is -2.07. The van der Waals surface area contributed by atoms with E-state index >= 15 is 0 Å². The van der Waals surface area contributed by atoms with E-state index in [2.05, 4.69) is 10.3 Å². The maximum absolute atomic E-state index is 13.0. The summed E-state index contributed by atoms with van der Waals surface area (Å²) < 4.78 is 5.48. The van der Waals surface area contributed by atoms with Gasteiger partial charge >= 0.3 is 0 Å². The summed E-state index contributed by atoms with van der Waals surface area (Å²) in [5.41, 5.74) is 8.21. The van der Waals surface area contributed by atoms with Crippen molar-refractivity contribution in [1.29, 1.82) is 0 Å². The molecule has 0 radical (unpaired) electrons. The summed E-state index contributed by atoms with van der Waals surface area (Å²) in [6.07, 6.45) is 1.65. The molecule has 0 saturated carbocycles. The van der Waals surface area contributed by atoms with Gasteiger partial charge in [-0.2, -0.15) is 0 Å². The van der Waals surface area contributed by atoms with E-state index in [0.29, 0.717) is 40.7 Å². The number of nitrogens with zero attached hydrogens (tertiary/aromatic N) is 1. The number of carbonyl (C=O) groups is 1. The molecular weight excluding hydrogens is 314 g/mol. The van der Waals surface area contributed by atoms with Crippen LogP contribution in [0.15, 0.2) is 66.9 Å². The van der Waals surface area contributed by atoms with Crippen LogP contribution in [-0.4, -0.2) is 17.4 Å². The Labute approximate surface area is 146 Å². The summed E-state index contributed by atoms with van der Waals surface area (Å²) in [7, 11) is 0. The fraction of sp³-hybridized carbons (Fsp3) is 0.100. The average Bonchev–Trinajstić information content (AvgIpc) is 2.64. The van der Waals surface area contributed by atoms with Crippen LogP contribution < -0.4 is 15.8 Å². The zero-order valence-electron chi connectivity index (χ0n) is 13.9. The van der Waals surface area contributed by atoms with Gasteiger partial charge in [-0.1, -0.05) is 24.3 Å². The minimum atomic E-state index is -0.0980. The van der Waals surface area contributed by atoms with Crippen LogP contribution in [0.4, 0.5) is 17.2 Å². The molecule has 25 heavy (non-hydrogen) atoms. The van der Waals surface area contributed by atoms with E-state index < -0.39 is 0 Å². The van der Waals surface area contributed by atoms with Gasteiger partial charge in [-0.05, 0) is 43.3 Å². The maximum Gasteiger partial charge on any atom is 0.195 e. The molecule has 0 aliphatic carbocycles. The first kappa shape index (κ1) is 16.5. The molecule has 0 atom stereocenters. The number of aromatic nitrogens is 1. The van der Waals surface area contributed by atoms with Crippen molar-refractivity contribution in [3.05, 3.63) is 78.0 Å². The van der Waals surface area contributed by atoms with E-state index in [1.54, 1.807) is 36.5 Å². The third-order valence-corrected chi connectivity index (χ3v) is 3.67. The molecule has 0 aliphatic rings. The Morgan fingerprint density at radius 3 is 2.76 bits per heavy atom. The summed E-state index contributed by atoms with van der Waals surface area (Å²) >= 11 is 0. The summed E-state index contributed by atoms with van der Waals surface area (Å²) in [6, 6.07) is 18.0. The van der Waals surface area contributed by atoms with Gasteiger partial charge in [0.25, 0.3) is 0 Å².